The molecule has 1 rings (SSSR count). The SMILES string of the molecule is CCOc1ccc(CCl)cc1C. The van der Waals surface area contributed by atoms with Crippen LogP contribution in [-0.4, -0.2) is 6.61 Å². The van der Waals surface area contributed by atoms with Crippen LogP contribution in [0.2, 0.25) is 0 Å². The first-order chi connectivity index (χ1) is 5.77. The second-order valence-corrected chi connectivity index (χ2v) is 2.93. The molecule has 0 aliphatic rings. The van der Waals surface area contributed by atoms with Crippen molar-refractivity contribution < 1.29 is 4.74 Å². The molecule has 0 atom stereocenters. The fourth-order valence-electron chi connectivity index (χ4n) is 1.11. The molecule has 0 radical (unpaired) electrons. The Kier molecular flexibility index (Phi) is 3.42. The van der Waals surface area contributed by atoms with Crippen LogP contribution in [0.3, 0.4) is 0 Å². The molecule has 0 fully saturated rings. The van der Waals surface area contributed by atoms with Crippen LogP contribution in [-0.2, 0) is 5.88 Å². The van der Waals surface area contributed by atoms with Gasteiger partial charge in [-0.15, -0.1) is 11.6 Å². The summed E-state index contributed by atoms with van der Waals surface area (Å²) in [7, 11) is 0. The van der Waals surface area contributed by atoms with Gasteiger partial charge in [-0.05, 0) is 31.0 Å². The standard InChI is InChI=1S/C10H13ClO/c1-3-12-10-5-4-9(7-11)6-8(10)2/h4-6H,3,7H2,1-2H3. The van der Waals surface area contributed by atoms with E-state index in [0.29, 0.717) is 12.5 Å². The molecule has 1 aromatic carbocycles. The second-order valence-electron chi connectivity index (χ2n) is 2.67. The van der Waals surface area contributed by atoms with Gasteiger partial charge in [0.1, 0.15) is 5.75 Å². The van der Waals surface area contributed by atoms with Crippen LogP contribution in [0.5, 0.6) is 5.75 Å². The molecule has 0 heterocycles. The van der Waals surface area contributed by atoms with Crippen LogP contribution in [0, 0.1) is 6.92 Å². The summed E-state index contributed by atoms with van der Waals surface area (Å²) in [4.78, 5) is 0. The van der Waals surface area contributed by atoms with Crippen molar-refractivity contribution in [3.63, 3.8) is 0 Å². The summed E-state index contributed by atoms with van der Waals surface area (Å²) in [5.41, 5.74) is 2.28. The first kappa shape index (κ1) is 9.40. The number of aryl methyl sites for hydroxylation is 1. The predicted octanol–water partition coefficient (Wildman–Crippen LogP) is 3.13. The van der Waals surface area contributed by atoms with Crippen LogP contribution in [0.1, 0.15) is 18.1 Å². The minimum atomic E-state index is 0.563. The molecule has 1 nitrogen and oxygen atoms in total. The molecule has 0 saturated heterocycles. The van der Waals surface area contributed by atoms with Crippen molar-refractivity contribution in [2.24, 2.45) is 0 Å². The minimum absolute atomic E-state index is 0.563. The highest BCUT2D eigenvalue weighted by Gasteiger charge is 1.98. The fraction of sp³-hybridized carbons (Fsp3) is 0.400. The maximum Gasteiger partial charge on any atom is 0.122 e. The Hall–Kier alpha value is -0.690. The van der Waals surface area contributed by atoms with E-state index < -0.39 is 0 Å². The van der Waals surface area contributed by atoms with E-state index in [0.717, 1.165) is 16.9 Å². The summed E-state index contributed by atoms with van der Waals surface area (Å²) in [5, 5.41) is 0. The highest BCUT2D eigenvalue weighted by Crippen LogP contribution is 2.19. The van der Waals surface area contributed by atoms with Gasteiger partial charge in [-0.1, -0.05) is 12.1 Å². The molecule has 2 heteroatoms. The lowest BCUT2D eigenvalue weighted by atomic mass is 10.1. The average molecular weight is 185 g/mol. The molecule has 0 unspecified atom stereocenters. The quantitative estimate of drug-likeness (QED) is 0.656. The zero-order valence-corrected chi connectivity index (χ0v) is 8.19. The van der Waals surface area contributed by atoms with Crippen molar-refractivity contribution in [2.75, 3.05) is 6.61 Å². The third-order valence-electron chi connectivity index (χ3n) is 1.69. The van der Waals surface area contributed by atoms with E-state index in [1.165, 1.54) is 0 Å². The molecule has 0 aromatic heterocycles. The Morgan fingerprint density at radius 3 is 2.67 bits per heavy atom. The van der Waals surface area contributed by atoms with Crippen molar-refractivity contribution in [3.05, 3.63) is 29.3 Å². The summed E-state index contributed by atoms with van der Waals surface area (Å²) in [6, 6.07) is 6.01. The average Bonchev–Trinajstić information content (AvgIpc) is 2.09. The third kappa shape index (κ3) is 2.15. The van der Waals surface area contributed by atoms with Gasteiger partial charge in [-0.2, -0.15) is 0 Å². The van der Waals surface area contributed by atoms with Gasteiger partial charge in [0.25, 0.3) is 0 Å². The first-order valence-electron chi connectivity index (χ1n) is 4.06. The Morgan fingerprint density at radius 2 is 2.17 bits per heavy atom. The van der Waals surface area contributed by atoms with Crippen molar-refractivity contribution in [1.82, 2.24) is 0 Å². The molecule has 0 saturated carbocycles. The summed E-state index contributed by atoms with van der Waals surface area (Å²) < 4.78 is 5.39. The van der Waals surface area contributed by atoms with Gasteiger partial charge >= 0.3 is 0 Å². The zero-order chi connectivity index (χ0) is 8.97. The van der Waals surface area contributed by atoms with Gasteiger partial charge in [0.05, 0.1) is 6.61 Å². The number of rotatable bonds is 3. The summed E-state index contributed by atoms with van der Waals surface area (Å²) in [6.07, 6.45) is 0. The van der Waals surface area contributed by atoms with E-state index in [2.05, 4.69) is 6.07 Å². The Bertz CT molecular complexity index is 258. The van der Waals surface area contributed by atoms with Crippen molar-refractivity contribution in [3.8, 4) is 5.75 Å². The van der Waals surface area contributed by atoms with E-state index in [-0.39, 0.29) is 0 Å². The van der Waals surface area contributed by atoms with Crippen LogP contribution in [0.4, 0.5) is 0 Å². The first-order valence-corrected chi connectivity index (χ1v) is 4.59. The largest absolute Gasteiger partial charge is 0.494 e. The summed E-state index contributed by atoms with van der Waals surface area (Å²) >= 11 is 5.69. The monoisotopic (exact) mass is 184 g/mol. The molecule has 12 heavy (non-hydrogen) atoms. The lowest BCUT2D eigenvalue weighted by Gasteiger charge is -2.07. The Balaban J connectivity index is 2.87. The molecule has 0 N–H and O–H groups in total. The fourth-order valence-corrected chi connectivity index (χ4v) is 1.28. The van der Waals surface area contributed by atoms with E-state index in [9.17, 15) is 0 Å². The zero-order valence-electron chi connectivity index (χ0n) is 7.43. The molecule has 66 valence electrons. The minimum Gasteiger partial charge on any atom is -0.494 e. The van der Waals surface area contributed by atoms with E-state index in [1.807, 2.05) is 26.0 Å². The predicted molar refractivity (Wildman–Crippen MR) is 51.9 cm³/mol. The van der Waals surface area contributed by atoms with Crippen LogP contribution in [0.25, 0.3) is 0 Å². The van der Waals surface area contributed by atoms with E-state index in [4.69, 9.17) is 16.3 Å². The number of hydrogen-bond acceptors (Lipinski definition) is 1. The lowest BCUT2D eigenvalue weighted by Crippen LogP contribution is -1.94. The molecular weight excluding hydrogens is 172 g/mol. The number of benzene rings is 1. The van der Waals surface area contributed by atoms with Gasteiger partial charge in [0.15, 0.2) is 0 Å². The molecule has 1 aromatic rings. The maximum absolute atomic E-state index is 5.69. The molecule has 0 aliphatic carbocycles. The Labute approximate surface area is 78.3 Å². The number of hydrogen-bond donors (Lipinski definition) is 0. The van der Waals surface area contributed by atoms with E-state index in [1.54, 1.807) is 0 Å². The van der Waals surface area contributed by atoms with Crippen LogP contribution >= 0.6 is 11.6 Å². The van der Waals surface area contributed by atoms with Crippen molar-refractivity contribution in [2.45, 2.75) is 19.7 Å². The molecule has 0 spiro atoms. The van der Waals surface area contributed by atoms with Crippen LogP contribution in [0.15, 0.2) is 18.2 Å². The molecule has 0 amide bonds. The number of alkyl halides is 1. The van der Waals surface area contributed by atoms with Crippen molar-refractivity contribution in [1.29, 1.82) is 0 Å². The van der Waals surface area contributed by atoms with Crippen LogP contribution < -0.4 is 4.74 Å². The molecule has 0 aliphatic heterocycles. The van der Waals surface area contributed by atoms with Gasteiger partial charge in [-0.3, -0.25) is 0 Å². The van der Waals surface area contributed by atoms with E-state index >= 15 is 0 Å². The highest BCUT2D eigenvalue weighted by atomic mass is 35.5. The van der Waals surface area contributed by atoms with Gasteiger partial charge in [-0.25, -0.2) is 0 Å². The topological polar surface area (TPSA) is 9.23 Å². The van der Waals surface area contributed by atoms with Gasteiger partial charge in [0, 0.05) is 5.88 Å². The number of ether oxygens (including phenoxy) is 1. The summed E-state index contributed by atoms with van der Waals surface area (Å²) in [5.74, 6) is 1.51. The second kappa shape index (κ2) is 4.36. The third-order valence-corrected chi connectivity index (χ3v) is 2.00. The smallest absolute Gasteiger partial charge is 0.122 e. The maximum atomic E-state index is 5.69. The normalized spacial score (nSPS) is 9.92. The molecule has 0 bridgehead atoms. The Morgan fingerprint density at radius 1 is 1.42 bits per heavy atom. The lowest BCUT2D eigenvalue weighted by molar-refractivity contribution is 0.338. The van der Waals surface area contributed by atoms with Gasteiger partial charge in [0.2, 0.25) is 0 Å². The summed E-state index contributed by atoms with van der Waals surface area (Å²) in [6.45, 7) is 4.72. The molecular formula is C10H13ClO. The highest BCUT2D eigenvalue weighted by molar-refractivity contribution is 6.17. The van der Waals surface area contributed by atoms with Gasteiger partial charge < -0.3 is 4.74 Å². The van der Waals surface area contributed by atoms with Crippen molar-refractivity contribution >= 4 is 11.6 Å². The number of halogens is 1.